The van der Waals surface area contributed by atoms with E-state index in [2.05, 4.69) is 35.2 Å². The number of aliphatic hydroxyl groups excluding tert-OH is 1. The van der Waals surface area contributed by atoms with E-state index in [0.717, 1.165) is 13.0 Å². The van der Waals surface area contributed by atoms with Gasteiger partial charge in [-0.2, -0.15) is 0 Å². The maximum absolute atomic E-state index is 10.0. The van der Waals surface area contributed by atoms with Gasteiger partial charge in [-0.25, -0.2) is 0 Å². The van der Waals surface area contributed by atoms with E-state index < -0.39 is 0 Å². The van der Waals surface area contributed by atoms with Crippen molar-refractivity contribution in [3.05, 3.63) is 35.9 Å². The average molecular weight is 217 g/mol. The van der Waals surface area contributed by atoms with Crippen LogP contribution in [0.15, 0.2) is 30.3 Å². The highest BCUT2D eigenvalue weighted by atomic mass is 16.3. The van der Waals surface area contributed by atoms with Crippen molar-refractivity contribution in [1.29, 1.82) is 0 Å². The van der Waals surface area contributed by atoms with Crippen molar-refractivity contribution in [1.82, 2.24) is 4.90 Å². The van der Waals surface area contributed by atoms with Gasteiger partial charge in [0, 0.05) is 18.6 Å². The minimum absolute atomic E-state index is 0.0868. The van der Waals surface area contributed by atoms with E-state index in [1.54, 1.807) is 0 Å². The maximum atomic E-state index is 10.0. The number of hydrogen-bond acceptors (Lipinski definition) is 2. The summed E-state index contributed by atoms with van der Waals surface area (Å²) < 4.78 is 0. The van der Waals surface area contributed by atoms with E-state index >= 15 is 0 Å². The highest BCUT2D eigenvalue weighted by Crippen LogP contribution is 2.36. The van der Waals surface area contributed by atoms with Crippen LogP contribution in [-0.2, 0) is 6.54 Å². The lowest BCUT2D eigenvalue weighted by molar-refractivity contribution is 0.0783. The third-order valence-corrected chi connectivity index (χ3v) is 4.10. The fourth-order valence-electron chi connectivity index (χ4n) is 3.31. The number of aliphatic hydroxyl groups is 1. The van der Waals surface area contributed by atoms with E-state index in [1.165, 1.54) is 24.8 Å². The van der Waals surface area contributed by atoms with Crippen molar-refractivity contribution in [3.63, 3.8) is 0 Å². The summed E-state index contributed by atoms with van der Waals surface area (Å²) in [5, 5.41) is 10.0. The van der Waals surface area contributed by atoms with Gasteiger partial charge in [-0.3, -0.25) is 4.90 Å². The van der Waals surface area contributed by atoms with Gasteiger partial charge in [0.15, 0.2) is 0 Å². The van der Waals surface area contributed by atoms with Crippen molar-refractivity contribution in [2.24, 2.45) is 0 Å². The second-order valence-corrected chi connectivity index (χ2v) is 5.11. The number of nitrogens with zero attached hydrogens (tertiary/aromatic N) is 1. The van der Waals surface area contributed by atoms with E-state index in [0.29, 0.717) is 12.1 Å². The molecule has 0 aromatic heterocycles. The Hall–Kier alpha value is -0.860. The number of hydrogen-bond donors (Lipinski definition) is 1. The third kappa shape index (κ3) is 1.76. The third-order valence-electron chi connectivity index (χ3n) is 4.10. The summed E-state index contributed by atoms with van der Waals surface area (Å²) in [6.45, 7) is 1.01. The van der Waals surface area contributed by atoms with Crippen molar-refractivity contribution < 1.29 is 5.11 Å². The molecular formula is C14H19NO. The van der Waals surface area contributed by atoms with Gasteiger partial charge < -0.3 is 5.11 Å². The van der Waals surface area contributed by atoms with Crippen LogP contribution in [0.3, 0.4) is 0 Å². The first-order chi connectivity index (χ1) is 7.84. The quantitative estimate of drug-likeness (QED) is 0.820. The molecule has 0 spiro atoms. The van der Waals surface area contributed by atoms with Crippen molar-refractivity contribution in [2.75, 3.05) is 0 Å². The monoisotopic (exact) mass is 217 g/mol. The zero-order chi connectivity index (χ0) is 11.0. The molecule has 2 nitrogen and oxygen atoms in total. The predicted octanol–water partition coefficient (Wildman–Crippen LogP) is 2.17. The molecule has 2 aliphatic heterocycles. The van der Waals surface area contributed by atoms with Crippen molar-refractivity contribution >= 4 is 0 Å². The number of piperidine rings is 1. The lowest BCUT2D eigenvalue weighted by Gasteiger charge is -2.34. The van der Waals surface area contributed by atoms with Crippen molar-refractivity contribution in [2.45, 2.75) is 50.4 Å². The molecule has 0 radical (unpaired) electrons. The molecule has 2 saturated heterocycles. The summed E-state index contributed by atoms with van der Waals surface area (Å²) in [5.74, 6) is 0. The Morgan fingerprint density at radius 2 is 2.00 bits per heavy atom. The molecule has 0 unspecified atom stereocenters. The van der Waals surface area contributed by atoms with Crippen LogP contribution in [0.2, 0.25) is 0 Å². The summed E-state index contributed by atoms with van der Waals surface area (Å²) in [4.78, 5) is 2.52. The molecule has 2 heterocycles. The summed E-state index contributed by atoms with van der Waals surface area (Å²) in [5.41, 5.74) is 1.37. The highest BCUT2D eigenvalue weighted by molar-refractivity contribution is 5.15. The molecular weight excluding hydrogens is 198 g/mol. The van der Waals surface area contributed by atoms with Crippen LogP contribution in [0, 0.1) is 0 Å². The summed E-state index contributed by atoms with van der Waals surface area (Å²) in [6.07, 6.45) is 4.62. The zero-order valence-corrected chi connectivity index (χ0v) is 9.55. The molecule has 3 rings (SSSR count). The van der Waals surface area contributed by atoms with E-state index in [1.807, 2.05) is 0 Å². The van der Waals surface area contributed by atoms with Gasteiger partial charge in [0.05, 0.1) is 6.10 Å². The normalized spacial score (nSPS) is 34.2. The number of benzene rings is 1. The maximum Gasteiger partial charge on any atom is 0.0710 e. The van der Waals surface area contributed by atoms with Crippen LogP contribution in [0.1, 0.15) is 31.2 Å². The van der Waals surface area contributed by atoms with Crippen LogP contribution in [0.25, 0.3) is 0 Å². The summed E-state index contributed by atoms with van der Waals surface area (Å²) in [7, 11) is 0. The molecule has 16 heavy (non-hydrogen) atoms. The molecule has 2 aliphatic rings. The Kier molecular flexibility index (Phi) is 2.70. The molecule has 0 saturated carbocycles. The lowest BCUT2D eigenvalue weighted by Crippen LogP contribution is -2.41. The van der Waals surface area contributed by atoms with Crippen LogP contribution in [0.4, 0.5) is 0 Å². The van der Waals surface area contributed by atoms with Gasteiger partial charge in [0.2, 0.25) is 0 Å². The van der Waals surface area contributed by atoms with Crippen LogP contribution < -0.4 is 0 Å². The Morgan fingerprint density at radius 3 is 2.75 bits per heavy atom. The van der Waals surface area contributed by atoms with E-state index in [4.69, 9.17) is 0 Å². The van der Waals surface area contributed by atoms with Crippen molar-refractivity contribution in [3.8, 4) is 0 Å². The molecule has 1 aromatic carbocycles. The average Bonchev–Trinajstić information content (AvgIpc) is 2.49. The first-order valence-electron chi connectivity index (χ1n) is 6.32. The molecule has 86 valence electrons. The minimum Gasteiger partial charge on any atom is -0.391 e. The Morgan fingerprint density at radius 1 is 1.19 bits per heavy atom. The Bertz CT molecular complexity index is 351. The fourth-order valence-corrected chi connectivity index (χ4v) is 3.31. The Balaban J connectivity index is 1.76. The second-order valence-electron chi connectivity index (χ2n) is 5.11. The highest BCUT2D eigenvalue weighted by Gasteiger charge is 2.42. The van der Waals surface area contributed by atoms with Gasteiger partial charge in [-0.1, -0.05) is 36.8 Å². The van der Waals surface area contributed by atoms with E-state index in [-0.39, 0.29) is 6.10 Å². The Labute approximate surface area is 96.9 Å². The summed E-state index contributed by atoms with van der Waals surface area (Å²) >= 11 is 0. The molecule has 2 bridgehead atoms. The minimum atomic E-state index is -0.0868. The lowest BCUT2D eigenvalue weighted by atomic mass is 10.0. The molecule has 0 aliphatic carbocycles. The standard InChI is InChI=1S/C14H19NO/c16-14-9-12-7-4-8-13(14)15(12)10-11-5-2-1-3-6-11/h1-3,5-6,12-14,16H,4,7-10H2/t12-,13+,14-/m0/s1. The first-order valence-corrected chi connectivity index (χ1v) is 6.32. The number of fused-ring (bicyclic) bond motifs is 2. The topological polar surface area (TPSA) is 23.5 Å². The van der Waals surface area contributed by atoms with Gasteiger partial charge in [-0.05, 0) is 24.8 Å². The fraction of sp³-hybridized carbons (Fsp3) is 0.571. The van der Waals surface area contributed by atoms with Gasteiger partial charge in [-0.15, -0.1) is 0 Å². The van der Waals surface area contributed by atoms with Gasteiger partial charge in [0.25, 0.3) is 0 Å². The second kappa shape index (κ2) is 4.19. The zero-order valence-electron chi connectivity index (χ0n) is 9.55. The molecule has 2 heteroatoms. The molecule has 2 fully saturated rings. The van der Waals surface area contributed by atoms with Gasteiger partial charge in [0.1, 0.15) is 0 Å². The van der Waals surface area contributed by atoms with Gasteiger partial charge >= 0.3 is 0 Å². The molecule has 1 N–H and O–H groups in total. The predicted molar refractivity (Wildman–Crippen MR) is 64.0 cm³/mol. The molecule has 0 amide bonds. The van der Waals surface area contributed by atoms with Crippen LogP contribution in [-0.4, -0.2) is 28.2 Å². The van der Waals surface area contributed by atoms with Crippen LogP contribution in [0.5, 0.6) is 0 Å². The van der Waals surface area contributed by atoms with E-state index in [9.17, 15) is 5.11 Å². The largest absolute Gasteiger partial charge is 0.391 e. The van der Waals surface area contributed by atoms with Crippen LogP contribution >= 0.6 is 0 Å². The first kappa shape index (κ1) is 10.3. The smallest absolute Gasteiger partial charge is 0.0710 e. The molecule has 1 aromatic rings. The molecule has 3 atom stereocenters. The summed E-state index contributed by atoms with van der Waals surface area (Å²) in [6, 6.07) is 11.6. The number of rotatable bonds is 2. The SMILES string of the molecule is O[C@H]1C[C@@H]2CCC[C@H]1N2Cc1ccccc1.